The SMILES string of the molecule is CC(CCc1ccccc1)NC(=O)CC(c1cccc(C(F)(F)F)c1)c1cnc2ccc(Cl)cn12. The van der Waals surface area contributed by atoms with Crippen LogP contribution in [0, 0.1) is 0 Å². The quantitative estimate of drug-likeness (QED) is 0.294. The zero-order valence-corrected chi connectivity index (χ0v) is 19.9. The van der Waals surface area contributed by atoms with Crippen LogP contribution in [0.1, 0.15) is 48.1 Å². The van der Waals surface area contributed by atoms with Gasteiger partial charge in [0.05, 0.1) is 16.3 Å². The van der Waals surface area contributed by atoms with Gasteiger partial charge in [-0.15, -0.1) is 0 Å². The van der Waals surface area contributed by atoms with Gasteiger partial charge in [-0.25, -0.2) is 4.98 Å². The number of aryl methyl sites for hydroxylation is 1. The highest BCUT2D eigenvalue weighted by Crippen LogP contribution is 2.35. The number of alkyl halides is 3. The van der Waals surface area contributed by atoms with E-state index in [1.54, 1.807) is 35.0 Å². The number of benzene rings is 2. The molecule has 4 aromatic rings. The molecule has 2 atom stereocenters. The van der Waals surface area contributed by atoms with Crippen LogP contribution in [0.25, 0.3) is 5.65 Å². The van der Waals surface area contributed by atoms with E-state index in [-0.39, 0.29) is 18.4 Å². The molecule has 182 valence electrons. The van der Waals surface area contributed by atoms with Gasteiger partial charge in [0.25, 0.3) is 0 Å². The summed E-state index contributed by atoms with van der Waals surface area (Å²) in [5, 5.41) is 3.46. The third-order valence-electron chi connectivity index (χ3n) is 5.98. The fourth-order valence-electron chi connectivity index (χ4n) is 4.18. The number of fused-ring (bicyclic) bond motifs is 1. The maximum absolute atomic E-state index is 13.4. The minimum absolute atomic E-state index is 0.0305. The molecule has 0 radical (unpaired) electrons. The van der Waals surface area contributed by atoms with Crippen LogP contribution in [0.5, 0.6) is 0 Å². The first-order valence-electron chi connectivity index (χ1n) is 11.3. The molecule has 4 rings (SSSR count). The van der Waals surface area contributed by atoms with Crippen molar-refractivity contribution in [1.29, 1.82) is 0 Å². The minimum atomic E-state index is -4.49. The summed E-state index contributed by atoms with van der Waals surface area (Å²) in [6, 6.07) is 18.4. The standard InChI is InChI=1S/C27H25ClF3N3O/c1-18(10-11-19-6-3-2-4-7-19)33-26(35)15-23(20-8-5-9-21(14-20)27(29,30)31)24-16-32-25-13-12-22(28)17-34(24)25/h2-9,12-14,16-18,23H,10-11,15H2,1H3,(H,33,35). The second-order valence-corrected chi connectivity index (χ2v) is 9.07. The molecule has 0 aliphatic rings. The van der Waals surface area contributed by atoms with Crippen LogP contribution in [0.3, 0.4) is 0 Å². The zero-order chi connectivity index (χ0) is 25.0. The predicted molar refractivity (Wildman–Crippen MR) is 130 cm³/mol. The zero-order valence-electron chi connectivity index (χ0n) is 19.1. The molecule has 0 aliphatic heterocycles. The molecular weight excluding hydrogens is 475 g/mol. The Labute approximate surface area is 206 Å². The summed E-state index contributed by atoms with van der Waals surface area (Å²) in [5.41, 5.74) is 1.99. The van der Waals surface area contributed by atoms with E-state index in [0.717, 1.165) is 25.0 Å². The topological polar surface area (TPSA) is 46.4 Å². The minimum Gasteiger partial charge on any atom is -0.354 e. The van der Waals surface area contributed by atoms with Crippen molar-refractivity contribution in [3.63, 3.8) is 0 Å². The first kappa shape index (κ1) is 24.8. The molecular formula is C27H25ClF3N3O. The normalized spacial score (nSPS) is 13.5. The van der Waals surface area contributed by atoms with Crippen LogP contribution in [0.2, 0.25) is 5.02 Å². The van der Waals surface area contributed by atoms with Gasteiger partial charge in [0.1, 0.15) is 5.65 Å². The Morgan fingerprint density at radius 2 is 1.86 bits per heavy atom. The Morgan fingerprint density at radius 1 is 1.09 bits per heavy atom. The molecule has 2 unspecified atom stereocenters. The van der Waals surface area contributed by atoms with E-state index < -0.39 is 17.7 Å². The van der Waals surface area contributed by atoms with Crippen LogP contribution in [0.15, 0.2) is 79.1 Å². The number of nitrogens with zero attached hydrogens (tertiary/aromatic N) is 2. The number of nitrogens with one attached hydrogen (secondary N) is 1. The molecule has 0 spiro atoms. The predicted octanol–water partition coefficient (Wildman–Crippen LogP) is 6.67. The van der Waals surface area contributed by atoms with Gasteiger partial charge in [-0.05, 0) is 49.1 Å². The second-order valence-electron chi connectivity index (χ2n) is 8.63. The fraction of sp³-hybridized carbons (Fsp3) is 0.259. The van der Waals surface area contributed by atoms with Crippen molar-refractivity contribution in [2.24, 2.45) is 0 Å². The summed E-state index contributed by atoms with van der Waals surface area (Å²) in [5.74, 6) is -0.892. The Kier molecular flexibility index (Phi) is 7.45. The third kappa shape index (κ3) is 6.22. The first-order chi connectivity index (χ1) is 16.7. The molecule has 1 amide bonds. The number of hydrogen-bond donors (Lipinski definition) is 1. The van der Waals surface area contributed by atoms with Crippen molar-refractivity contribution in [3.05, 3.63) is 107 Å². The highest BCUT2D eigenvalue weighted by molar-refractivity contribution is 6.30. The van der Waals surface area contributed by atoms with Crippen LogP contribution < -0.4 is 5.32 Å². The lowest BCUT2D eigenvalue weighted by atomic mass is 9.91. The largest absolute Gasteiger partial charge is 0.416 e. The molecule has 0 aliphatic carbocycles. The molecule has 0 saturated heterocycles. The average molecular weight is 500 g/mol. The van der Waals surface area contributed by atoms with Gasteiger partial charge >= 0.3 is 6.18 Å². The summed E-state index contributed by atoms with van der Waals surface area (Å²) < 4.78 is 42.0. The van der Waals surface area contributed by atoms with Gasteiger partial charge in [0.15, 0.2) is 0 Å². The molecule has 0 bridgehead atoms. The molecule has 1 N–H and O–H groups in total. The summed E-state index contributed by atoms with van der Waals surface area (Å²) in [6.07, 6.45) is 0.276. The number of carbonyl (C=O) groups is 1. The smallest absolute Gasteiger partial charge is 0.354 e. The Bertz CT molecular complexity index is 1300. The lowest BCUT2D eigenvalue weighted by Gasteiger charge is -2.20. The van der Waals surface area contributed by atoms with E-state index in [9.17, 15) is 18.0 Å². The van der Waals surface area contributed by atoms with Crippen molar-refractivity contribution in [2.45, 2.75) is 44.3 Å². The molecule has 4 nitrogen and oxygen atoms in total. The summed E-state index contributed by atoms with van der Waals surface area (Å²) in [7, 11) is 0. The lowest BCUT2D eigenvalue weighted by Crippen LogP contribution is -2.34. The first-order valence-corrected chi connectivity index (χ1v) is 11.7. The van der Waals surface area contributed by atoms with E-state index in [1.165, 1.54) is 11.6 Å². The van der Waals surface area contributed by atoms with Gasteiger partial charge in [-0.3, -0.25) is 4.79 Å². The van der Waals surface area contributed by atoms with Crippen molar-refractivity contribution >= 4 is 23.2 Å². The fourth-order valence-corrected chi connectivity index (χ4v) is 4.34. The maximum atomic E-state index is 13.4. The Hall–Kier alpha value is -3.32. The van der Waals surface area contributed by atoms with E-state index >= 15 is 0 Å². The highest BCUT2D eigenvalue weighted by atomic mass is 35.5. The number of halogens is 4. The van der Waals surface area contributed by atoms with E-state index in [4.69, 9.17) is 11.6 Å². The van der Waals surface area contributed by atoms with Crippen molar-refractivity contribution in [3.8, 4) is 0 Å². The number of aromatic nitrogens is 2. The molecule has 0 fully saturated rings. The Balaban J connectivity index is 1.58. The number of imidazole rings is 1. The van der Waals surface area contributed by atoms with Gasteiger partial charge in [-0.2, -0.15) is 13.2 Å². The van der Waals surface area contributed by atoms with Crippen LogP contribution in [-0.2, 0) is 17.4 Å². The lowest BCUT2D eigenvalue weighted by molar-refractivity contribution is -0.137. The molecule has 2 aromatic heterocycles. The number of hydrogen-bond acceptors (Lipinski definition) is 2. The maximum Gasteiger partial charge on any atom is 0.416 e. The molecule has 0 saturated carbocycles. The number of carbonyl (C=O) groups excluding carboxylic acids is 1. The summed E-state index contributed by atoms with van der Waals surface area (Å²) in [4.78, 5) is 17.4. The van der Waals surface area contributed by atoms with Gasteiger partial charge in [0.2, 0.25) is 5.91 Å². The van der Waals surface area contributed by atoms with Gasteiger partial charge < -0.3 is 9.72 Å². The average Bonchev–Trinajstić information content (AvgIpc) is 3.24. The van der Waals surface area contributed by atoms with E-state index in [1.807, 2.05) is 37.3 Å². The highest BCUT2D eigenvalue weighted by Gasteiger charge is 2.32. The number of amides is 1. The van der Waals surface area contributed by atoms with Gasteiger partial charge in [0, 0.05) is 30.8 Å². The number of rotatable bonds is 8. The number of pyridine rings is 1. The Morgan fingerprint density at radius 3 is 2.60 bits per heavy atom. The molecule has 8 heteroatoms. The van der Waals surface area contributed by atoms with Crippen LogP contribution in [0.4, 0.5) is 13.2 Å². The second kappa shape index (κ2) is 10.5. The monoisotopic (exact) mass is 499 g/mol. The van der Waals surface area contributed by atoms with Crippen molar-refractivity contribution < 1.29 is 18.0 Å². The molecule has 35 heavy (non-hydrogen) atoms. The van der Waals surface area contributed by atoms with Crippen LogP contribution in [-0.4, -0.2) is 21.3 Å². The van der Waals surface area contributed by atoms with Gasteiger partial charge in [-0.1, -0.05) is 60.1 Å². The summed E-state index contributed by atoms with van der Waals surface area (Å²) in [6.45, 7) is 1.92. The molecule has 2 heterocycles. The van der Waals surface area contributed by atoms with E-state index in [2.05, 4.69) is 10.3 Å². The van der Waals surface area contributed by atoms with Crippen molar-refractivity contribution in [1.82, 2.24) is 14.7 Å². The van der Waals surface area contributed by atoms with E-state index in [0.29, 0.717) is 21.9 Å². The van der Waals surface area contributed by atoms with Crippen LogP contribution >= 0.6 is 11.6 Å². The summed E-state index contributed by atoms with van der Waals surface area (Å²) >= 11 is 6.17. The molecule has 2 aromatic carbocycles. The third-order valence-corrected chi connectivity index (χ3v) is 6.20. The van der Waals surface area contributed by atoms with Crippen molar-refractivity contribution in [2.75, 3.05) is 0 Å².